The Morgan fingerprint density at radius 1 is 1.36 bits per heavy atom. The molecule has 0 saturated carbocycles. The van der Waals surface area contributed by atoms with Crippen LogP contribution in [0.25, 0.3) is 0 Å². The second-order valence-corrected chi connectivity index (χ2v) is 6.07. The molecule has 0 aromatic heterocycles. The highest BCUT2D eigenvalue weighted by atomic mass is 35.5. The number of imide groups is 1. The van der Waals surface area contributed by atoms with Crippen LogP contribution in [-0.4, -0.2) is 42.7 Å². The first-order valence-corrected chi connectivity index (χ1v) is 8.18. The molecule has 0 spiro atoms. The lowest BCUT2D eigenvalue weighted by molar-refractivity contribution is -0.145. The quantitative estimate of drug-likeness (QED) is 0.605. The summed E-state index contributed by atoms with van der Waals surface area (Å²) in [5.41, 5.74) is 1.48. The summed E-state index contributed by atoms with van der Waals surface area (Å²) in [7, 11) is 0. The first-order chi connectivity index (χ1) is 12.0. The van der Waals surface area contributed by atoms with Gasteiger partial charge in [-0.05, 0) is 18.6 Å². The molecule has 1 aromatic rings. The molecule has 9 heteroatoms. The van der Waals surface area contributed by atoms with Crippen LogP contribution in [-0.2, 0) is 32.3 Å². The molecule has 0 bridgehead atoms. The normalized spacial score (nSPS) is 16.3. The summed E-state index contributed by atoms with van der Waals surface area (Å²) >= 11 is 6.05. The maximum Gasteiger partial charge on any atom is 0.324 e. The van der Waals surface area contributed by atoms with E-state index in [0.29, 0.717) is 29.4 Å². The Labute approximate surface area is 149 Å². The fourth-order valence-corrected chi connectivity index (χ4v) is 2.92. The molecule has 3 amide bonds. The Kier molecular flexibility index (Phi) is 5.40. The number of benzene rings is 1. The zero-order valence-corrected chi connectivity index (χ0v) is 14.1. The smallest absolute Gasteiger partial charge is 0.324 e. The Bertz CT molecular complexity index is 692. The fraction of sp³-hybridized carbons (Fsp3) is 0.438. The second-order valence-electron chi connectivity index (χ2n) is 5.63. The molecule has 0 atom stereocenters. The van der Waals surface area contributed by atoms with Crippen molar-refractivity contribution in [2.45, 2.75) is 26.1 Å². The molecule has 0 unspecified atom stereocenters. The summed E-state index contributed by atoms with van der Waals surface area (Å²) < 4.78 is 15.9. The van der Waals surface area contributed by atoms with E-state index in [0.717, 1.165) is 10.5 Å². The van der Waals surface area contributed by atoms with Crippen LogP contribution in [0.15, 0.2) is 12.1 Å². The minimum absolute atomic E-state index is 0.00682. The standard InChI is InChI=1S/C16H17ClN2O6/c17-12-4-10-7-23-9-25-15(10)11(5-12)8-24-14(21)2-1-3-19-13(20)6-18-16(19)22/h4-5H,1-3,6-9H2,(H,18,22). The molecule has 8 nitrogen and oxygen atoms in total. The summed E-state index contributed by atoms with van der Waals surface area (Å²) in [6, 6.07) is 3.01. The third-order valence-electron chi connectivity index (χ3n) is 3.84. The molecule has 3 rings (SSSR count). The highest BCUT2D eigenvalue weighted by molar-refractivity contribution is 6.30. The van der Waals surface area contributed by atoms with Crippen LogP contribution in [0.4, 0.5) is 4.79 Å². The lowest BCUT2D eigenvalue weighted by Crippen LogP contribution is -2.32. The van der Waals surface area contributed by atoms with Crippen molar-refractivity contribution in [1.82, 2.24) is 10.2 Å². The van der Waals surface area contributed by atoms with E-state index >= 15 is 0 Å². The van der Waals surface area contributed by atoms with E-state index in [4.69, 9.17) is 25.8 Å². The molecule has 0 radical (unpaired) electrons. The van der Waals surface area contributed by atoms with Crippen molar-refractivity contribution < 1.29 is 28.6 Å². The number of nitrogens with one attached hydrogen (secondary N) is 1. The average Bonchev–Trinajstić information content (AvgIpc) is 2.91. The summed E-state index contributed by atoms with van der Waals surface area (Å²) in [6.07, 6.45) is 0.444. The molecule has 2 heterocycles. The molecule has 2 aliphatic heterocycles. The monoisotopic (exact) mass is 368 g/mol. The van der Waals surface area contributed by atoms with Crippen molar-refractivity contribution >= 4 is 29.5 Å². The number of ether oxygens (including phenoxy) is 3. The second kappa shape index (κ2) is 7.71. The van der Waals surface area contributed by atoms with E-state index in [9.17, 15) is 14.4 Å². The van der Waals surface area contributed by atoms with Gasteiger partial charge in [0.15, 0.2) is 6.79 Å². The number of fused-ring (bicyclic) bond motifs is 1. The maximum atomic E-state index is 11.9. The van der Waals surface area contributed by atoms with Crippen molar-refractivity contribution in [2.75, 3.05) is 19.9 Å². The van der Waals surface area contributed by atoms with Gasteiger partial charge in [-0.2, -0.15) is 0 Å². The van der Waals surface area contributed by atoms with E-state index < -0.39 is 12.0 Å². The van der Waals surface area contributed by atoms with Crippen molar-refractivity contribution in [3.05, 3.63) is 28.3 Å². The number of urea groups is 1. The van der Waals surface area contributed by atoms with Crippen LogP contribution in [0, 0.1) is 0 Å². The number of nitrogens with zero attached hydrogens (tertiary/aromatic N) is 1. The van der Waals surface area contributed by atoms with E-state index in [1.54, 1.807) is 12.1 Å². The van der Waals surface area contributed by atoms with E-state index in [-0.39, 0.29) is 38.8 Å². The topological polar surface area (TPSA) is 94.2 Å². The van der Waals surface area contributed by atoms with Gasteiger partial charge in [0, 0.05) is 29.1 Å². The first-order valence-electron chi connectivity index (χ1n) is 7.80. The number of hydrogen-bond donors (Lipinski definition) is 1. The van der Waals surface area contributed by atoms with Crippen LogP contribution < -0.4 is 10.1 Å². The number of rotatable bonds is 6. The molecule has 0 aliphatic carbocycles. The maximum absolute atomic E-state index is 11.9. The molecule has 134 valence electrons. The van der Waals surface area contributed by atoms with E-state index in [2.05, 4.69) is 5.32 Å². The van der Waals surface area contributed by atoms with Gasteiger partial charge in [-0.25, -0.2) is 4.79 Å². The summed E-state index contributed by atoms with van der Waals surface area (Å²) in [5.74, 6) is -0.0843. The molecular formula is C16H17ClN2O6. The van der Waals surface area contributed by atoms with Crippen LogP contribution in [0.2, 0.25) is 5.02 Å². The lowest BCUT2D eigenvalue weighted by atomic mass is 10.1. The van der Waals surface area contributed by atoms with Crippen LogP contribution in [0.5, 0.6) is 5.75 Å². The van der Waals surface area contributed by atoms with E-state index in [1.165, 1.54) is 0 Å². The van der Waals surface area contributed by atoms with Gasteiger partial charge in [0.1, 0.15) is 12.4 Å². The number of hydrogen-bond acceptors (Lipinski definition) is 6. The van der Waals surface area contributed by atoms with Gasteiger partial charge in [0.25, 0.3) is 0 Å². The van der Waals surface area contributed by atoms with Crippen molar-refractivity contribution in [1.29, 1.82) is 0 Å². The molecule has 2 aliphatic rings. The molecule has 1 saturated heterocycles. The van der Waals surface area contributed by atoms with Crippen molar-refractivity contribution in [3.63, 3.8) is 0 Å². The number of esters is 1. The van der Waals surface area contributed by atoms with Gasteiger partial charge in [-0.15, -0.1) is 0 Å². The Hall–Kier alpha value is -2.32. The highest BCUT2D eigenvalue weighted by Gasteiger charge is 2.27. The van der Waals surface area contributed by atoms with Crippen LogP contribution in [0.3, 0.4) is 0 Å². The molecule has 1 fully saturated rings. The minimum atomic E-state index is -0.428. The highest BCUT2D eigenvalue weighted by Crippen LogP contribution is 2.32. The predicted molar refractivity (Wildman–Crippen MR) is 85.9 cm³/mol. The largest absolute Gasteiger partial charge is 0.467 e. The van der Waals surface area contributed by atoms with Gasteiger partial charge in [0.2, 0.25) is 5.91 Å². The number of carbonyl (C=O) groups excluding carboxylic acids is 3. The lowest BCUT2D eigenvalue weighted by Gasteiger charge is -2.21. The number of carbonyl (C=O) groups is 3. The summed E-state index contributed by atoms with van der Waals surface area (Å²) in [6.45, 7) is 0.759. The van der Waals surface area contributed by atoms with Crippen molar-refractivity contribution in [3.8, 4) is 5.75 Å². The molecular weight excluding hydrogens is 352 g/mol. The van der Waals surface area contributed by atoms with Gasteiger partial charge >= 0.3 is 12.0 Å². The molecule has 1 aromatic carbocycles. The number of amides is 3. The van der Waals surface area contributed by atoms with Gasteiger partial charge < -0.3 is 19.5 Å². The fourth-order valence-electron chi connectivity index (χ4n) is 2.66. The zero-order valence-electron chi connectivity index (χ0n) is 13.4. The SMILES string of the molecule is O=C(CCCN1C(=O)CNC1=O)OCc1cc(Cl)cc2c1OCOC2. The predicted octanol–water partition coefficient (Wildman–Crippen LogP) is 1.58. The summed E-state index contributed by atoms with van der Waals surface area (Å²) in [5, 5.41) is 2.93. The average molecular weight is 369 g/mol. The van der Waals surface area contributed by atoms with Crippen LogP contribution in [0.1, 0.15) is 24.0 Å². The Morgan fingerprint density at radius 2 is 2.20 bits per heavy atom. The first kappa shape index (κ1) is 17.5. The Balaban J connectivity index is 1.49. The molecule has 25 heavy (non-hydrogen) atoms. The third kappa shape index (κ3) is 4.21. The third-order valence-corrected chi connectivity index (χ3v) is 4.06. The van der Waals surface area contributed by atoms with Crippen LogP contribution >= 0.6 is 11.6 Å². The zero-order chi connectivity index (χ0) is 17.8. The van der Waals surface area contributed by atoms with E-state index in [1.807, 2.05) is 0 Å². The van der Waals surface area contributed by atoms with Crippen molar-refractivity contribution in [2.24, 2.45) is 0 Å². The molecule has 1 N–H and O–H groups in total. The number of halogens is 1. The van der Waals surface area contributed by atoms with Gasteiger partial charge in [-0.1, -0.05) is 11.6 Å². The van der Waals surface area contributed by atoms with Gasteiger partial charge in [-0.3, -0.25) is 14.5 Å². The summed E-state index contributed by atoms with van der Waals surface area (Å²) in [4.78, 5) is 35.8. The van der Waals surface area contributed by atoms with Gasteiger partial charge in [0.05, 0.1) is 13.2 Å². The minimum Gasteiger partial charge on any atom is -0.467 e. The Morgan fingerprint density at radius 3 is 2.96 bits per heavy atom.